The van der Waals surface area contributed by atoms with E-state index in [2.05, 4.69) is 10.3 Å². The highest BCUT2D eigenvalue weighted by atomic mass is 32.2. The lowest BCUT2D eigenvalue weighted by atomic mass is 10.2. The van der Waals surface area contributed by atoms with Gasteiger partial charge in [0.2, 0.25) is 0 Å². The Morgan fingerprint density at radius 1 is 0.931 bits per heavy atom. The molecule has 148 valence electrons. The number of hydrogen-bond acceptors (Lipinski definition) is 6. The van der Waals surface area contributed by atoms with Crippen molar-refractivity contribution in [3.63, 3.8) is 0 Å². The van der Waals surface area contributed by atoms with Crippen LogP contribution in [0.5, 0.6) is 11.5 Å². The largest absolute Gasteiger partial charge is 0.497 e. The molecule has 0 aliphatic carbocycles. The van der Waals surface area contributed by atoms with Crippen molar-refractivity contribution in [1.29, 1.82) is 0 Å². The van der Waals surface area contributed by atoms with Gasteiger partial charge >= 0.3 is 0 Å². The molecule has 7 nitrogen and oxygen atoms in total. The van der Waals surface area contributed by atoms with Crippen LogP contribution in [0, 0.1) is 0 Å². The molecular weight excluding hydrogens is 390 g/mol. The van der Waals surface area contributed by atoms with Crippen LogP contribution in [0.15, 0.2) is 78.0 Å². The van der Waals surface area contributed by atoms with Gasteiger partial charge in [0.15, 0.2) is 5.65 Å². The summed E-state index contributed by atoms with van der Waals surface area (Å²) < 4.78 is 37.7. The Morgan fingerprint density at radius 2 is 1.69 bits per heavy atom. The number of hydrogen-bond donors (Lipinski definition) is 1. The molecule has 2 heterocycles. The van der Waals surface area contributed by atoms with Crippen molar-refractivity contribution >= 4 is 32.4 Å². The number of rotatable bonds is 6. The maximum absolute atomic E-state index is 13.1. The smallest absolute Gasteiger partial charge is 0.269 e. The lowest BCUT2D eigenvalue weighted by Crippen LogP contribution is -2.12. The van der Waals surface area contributed by atoms with Crippen molar-refractivity contribution in [2.45, 2.75) is 4.90 Å². The Morgan fingerprint density at radius 3 is 2.41 bits per heavy atom. The van der Waals surface area contributed by atoms with Crippen LogP contribution in [0.3, 0.4) is 0 Å². The van der Waals surface area contributed by atoms with Gasteiger partial charge in [0.05, 0.1) is 24.8 Å². The fourth-order valence-electron chi connectivity index (χ4n) is 3.04. The molecule has 0 bridgehead atoms. The van der Waals surface area contributed by atoms with Gasteiger partial charge < -0.3 is 14.8 Å². The van der Waals surface area contributed by atoms with E-state index >= 15 is 0 Å². The van der Waals surface area contributed by atoms with Crippen LogP contribution in [-0.4, -0.2) is 31.6 Å². The van der Waals surface area contributed by atoms with E-state index in [9.17, 15) is 8.42 Å². The molecule has 1 N–H and O–H groups in total. The van der Waals surface area contributed by atoms with Gasteiger partial charge in [0.1, 0.15) is 11.5 Å². The van der Waals surface area contributed by atoms with E-state index in [4.69, 9.17) is 9.47 Å². The van der Waals surface area contributed by atoms with Crippen LogP contribution in [0.4, 0.5) is 11.4 Å². The zero-order valence-electron chi connectivity index (χ0n) is 15.9. The van der Waals surface area contributed by atoms with Crippen LogP contribution in [-0.2, 0) is 10.0 Å². The number of fused-ring (bicyclic) bond motifs is 1. The van der Waals surface area contributed by atoms with Crippen LogP contribution < -0.4 is 14.8 Å². The van der Waals surface area contributed by atoms with Gasteiger partial charge in [-0.25, -0.2) is 17.4 Å². The quantitative estimate of drug-likeness (QED) is 0.518. The molecule has 0 atom stereocenters. The first-order chi connectivity index (χ1) is 14.0. The standard InChI is InChI=1S/C21H19N3O4S/c1-27-16-6-8-18(9-7-16)29(25,26)24-13-11-19-20(10-12-22-21(19)24)23-15-4-3-5-17(14-15)28-2/h3-14H,1-2H3,(H,22,23). The number of benzene rings is 2. The number of ether oxygens (including phenoxy) is 2. The van der Waals surface area contributed by atoms with Crippen LogP contribution in [0.1, 0.15) is 0 Å². The van der Waals surface area contributed by atoms with Gasteiger partial charge in [0, 0.05) is 29.5 Å². The van der Waals surface area contributed by atoms with Gasteiger partial charge in [-0.15, -0.1) is 0 Å². The second-order valence-electron chi connectivity index (χ2n) is 6.24. The SMILES string of the molecule is COc1ccc(S(=O)(=O)n2ccc3c(Nc4cccc(OC)c4)ccnc32)cc1. The summed E-state index contributed by atoms with van der Waals surface area (Å²) >= 11 is 0. The minimum atomic E-state index is -3.80. The van der Waals surface area contributed by atoms with E-state index in [1.54, 1.807) is 37.6 Å². The monoisotopic (exact) mass is 409 g/mol. The number of nitrogens with one attached hydrogen (secondary N) is 1. The Labute approximate surface area is 168 Å². The maximum Gasteiger partial charge on any atom is 0.269 e. The van der Waals surface area contributed by atoms with Crippen molar-refractivity contribution in [1.82, 2.24) is 8.96 Å². The molecule has 0 aliphatic rings. The summed E-state index contributed by atoms with van der Waals surface area (Å²) in [6, 6.07) is 17.3. The molecule has 8 heteroatoms. The van der Waals surface area contributed by atoms with Gasteiger partial charge in [0.25, 0.3) is 10.0 Å². The molecule has 29 heavy (non-hydrogen) atoms. The molecule has 4 aromatic rings. The molecule has 0 amide bonds. The first-order valence-electron chi connectivity index (χ1n) is 8.80. The zero-order valence-corrected chi connectivity index (χ0v) is 16.7. The van der Waals surface area contributed by atoms with Crippen LogP contribution >= 0.6 is 0 Å². The normalized spacial score (nSPS) is 11.4. The number of aromatic nitrogens is 2. The van der Waals surface area contributed by atoms with Gasteiger partial charge in [-0.05, 0) is 48.5 Å². The molecule has 2 aromatic carbocycles. The molecule has 2 aromatic heterocycles. The molecular formula is C21H19N3O4S. The fraction of sp³-hybridized carbons (Fsp3) is 0.0952. The lowest BCUT2D eigenvalue weighted by molar-refractivity contribution is 0.414. The van der Waals surface area contributed by atoms with Gasteiger partial charge in [-0.3, -0.25) is 0 Å². The molecule has 0 radical (unpaired) electrons. The second kappa shape index (κ2) is 7.48. The van der Waals surface area contributed by atoms with Crippen molar-refractivity contribution in [3.8, 4) is 11.5 Å². The third-order valence-corrected chi connectivity index (χ3v) is 6.20. The summed E-state index contributed by atoms with van der Waals surface area (Å²) in [6.45, 7) is 0. The maximum atomic E-state index is 13.1. The van der Waals surface area contributed by atoms with Crippen LogP contribution in [0.2, 0.25) is 0 Å². The Bertz CT molecular complexity index is 1260. The van der Waals surface area contributed by atoms with E-state index < -0.39 is 10.0 Å². The van der Waals surface area contributed by atoms with E-state index in [0.29, 0.717) is 16.8 Å². The van der Waals surface area contributed by atoms with E-state index in [1.807, 2.05) is 24.3 Å². The summed E-state index contributed by atoms with van der Waals surface area (Å²) in [4.78, 5) is 4.45. The highest BCUT2D eigenvalue weighted by Gasteiger charge is 2.20. The molecule has 0 unspecified atom stereocenters. The minimum Gasteiger partial charge on any atom is -0.497 e. The molecule has 0 aliphatic heterocycles. The van der Waals surface area contributed by atoms with Crippen LogP contribution in [0.25, 0.3) is 11.0 Å². The van der Waals surface area contributed by atoms with Gasteiger partial charge in [-0.1, -0.05) is 6.07 Å². The number of methoxy groups -OCH3 is 2. The Kier molecular flexibility index (Phi) is 4.85. The summed E-state index contributed by atoms with van der Waals surface area (Å²) in [6.07, 6.45) is 3.08. The summed E-state index contributed by atoms with van der Waals surface area (Å²) in [7, 11) is -0.660. The first-order valence-corrected chi connectivity index (χ1v) is 10.2. The second-order valence-corrected chi connectivity index (χ2v) is 8.06. The third-order valence-electron chi connectivity index (χ3n) is 4.52. The Hall–Kier alpha value is -3.52. The van der Waals surface area contributed by atoms with Crippen molar-refractivity contribution in [2.75, 3.05) is 19.5 Å². The topological polar surface area (TPSA) is 82.5 Å². The van der Waals surface area contributed by atoms with E-state index in [1.165, 1.54) is 29.4 Å². The molecule has 0 spiro atoms. The zero-order chi connectivity index (χ0) is 20.4. The van der Waals surface area contributed by atoms with E-state index in [0.717, 1.165) is 17.1 Å². The van der Waals surface area contributed by atoms with Crippen molar-refractivity contribution in [3.05, 3.63) is 73.1 Å². The number of pyridine rings is 1. The number of nitrogens with zero attached hydrogens (tertiary/aromatic N) is 2. The molecule has 0 saturated carbocycles. The molecule has 0 fully saturated rings. The van der Waals surface area contributed by atoms with E-state index in [-0.39, 0.29) is 4.90 Å². The first kappa shape index (κ1) is 18.8. The molecule has 0 saturated heterocycles. The van der Waals surface area contributed by atoms with Crippen molar-refractivity contribution < 1.29 is 17.9 Å². The highest BCUT2D eigenvalue weighted by molar-refractivity contribution is 7.90. The summed E-state index contributed by atoms with van der Waals surface area (Å²) in [5, 5.41) is 3.98. The summed E-state index contributed by atoms with van der Waals surface area (Å²) in [5.74, 6) is 1.31. The number of anilines is 2. The average Bonchev–Trinajstić information content (AvgIpc) is 3.20. The average molecular weight is 409 g/mol. The molecule has 4 rings (SSSR count). The van der Waals surface area contributed by atoms with Gasteiger partial charge in [-0.2, -0.15) is 0 Å². The fourth-order valence-corrected chi connectivity index (χ4v) is 4.34. The highest BCUT2D eigenvalue weighted by Crippen LogP contribution is 2.29. The Balaban J connectivity index is 1.75. The summed E-state index contributed by atoms with van der Waals surface area (Å²) in [5.41, 5.74) is 1.91. The lowest BCUT2D eigenvalue weighted by Gasteiger charge is -2.10. The predicted octanol–water partition coefficient (Wildman–Crippen LogP) is 4.03. The minimum absolute atomic E-state index is 0.156. The predicted molar refractivity (Wildman–Crippen MR) is 112 cm³/mol. The third kappa shape index (κ3) is 3.50. The van der Waals surface area contributed by atoms with Crippen molar-refractivity contribution in [2.24, 2.45) is 0 Å².